The van der Waals surface area contributed by atoms with Crippen LogP contribution < -0.4 is 0 Å². The van der Waals surface area contributed by atoms with Crippen LogP contribution in [0.3, 0.4) is 0 Å². The van der Waals surface area contributed by atoms with Gasteiger partial charge < -0.3 is 14.6 Å². The second-order valence-corrected chi connectivity index (χ2v) is 12.7. The molecule has 5 heteroatoms. The first-order valence-electron chi connectivity index (χ1n) is 19.6. The SMILES string of the molecule is CC/C=C\C/C=C\C/C=C\C/C=C\C/C=C\CCCCCC(=O)OC[C@H](O)COC(=O)CCCCCCC/C=C\C/C=C\CCCCCC. The van der Waals surface area contributed by atoms with E-state index >= 15 is 0 Å². The Hall–Kier alpha value is -2.92. The first-order valence-corrected chi connectivity index (χ1v) is 19.6. The quantitative estimate of drug-likeness (QED) is 0.0416. The second-order valence-electron chi connectivity index (χ2n) is 12.7. The zero-order chi connectivity index (χ0) is 35.7. The van der Waals surface area contributed by atoms with Crippen LogP contribution in [0.4, 0.5) is 0 Å². The monoisotopic (exact) mass is 681 g/mol. The van der Waals surface area contributed by atoms with Crippen molar-refractivity contribution < 1.29 is 24.2 Å². The van der Waals surface area contributed by atoms with E-state index in [-0.39, 0.29) is 25.2 Å². The largest absolute Gasteiger partial charge is 0.463 e. The average molecular weight is 681 g/mol. The number of aliphatic hydroxyl groups excluding tert-OH is 1. The van der Waals surface area contributed by atoms with Crippen LogP contribution in [0, 0.1) is 0 Å². The molecule has 0 spiro atoms. The van der Waals surface area contributed by atoms with Crippen LogP contribution in [-0.2, 0) is 19.1 Å². The highest BCUT2D eigenvalue weighted by molar-refractivity contribution is 5.69. The van der Waals surface area contributed by atoms with E-state index in [2.05, 4.69) is 98.9 Å². The van der Waals surface area contributed by atoms with Gasteiger partial charge in [-0.1, -0.05) is 144 Å². The Morgan fingerprint density at radius 2 is 0.776 bits per heavy atom. The summed E-state index contributed by atoms with van der Waals surface area (Å²) in [6.07, 6.45) is 53.4. The maximum atomic E-state index is 12.0. The van der Waals surface area contributed by atoms with E-state index in [0.717, 1.165) is 89.9 Å². The number of aliphatic hydroxyl groups is 1. The molecule has 0 rings (SSSR count). The number of carbonyl (C=O) groups excluding carboxylic acids is 2. The standard InChI is InChI=1S/C44H72O5/c1-3-5-7-9-11-13-15-17-19-21-22-23-25-27-29-31-33-35-37-39-44(47)49-41-42(45)40-48-43(46)38-36-34-32-30-28-26-24-20-18-16-14-12-10-8-6-4-2/h5,7,11,13-14,16-17,19-20,22-24,27,29,42,45H,3-4,6,8-10,12,15,18,21,25-26,28,30-41H2,1-2H3/b7-5-,13-11-,16-14-,19-17-,23-22-,24-20-,29-27-/t42-/m1/s1. The zero-order valence-electron chi connectivity index (χ0n) is 31.4. The number of rotatable bonds is 34. The molecule has 0 aromatic carbocycles. The van der Waals surface area contributed by atoms with Crippen LogP contribution in [-0.4, -0.2) is 36.4 Å². The van der Waals surface area contributed by atoms with Gasteiger partial charge in [-0.15, -0.1) is 0 Å². The van der Waals surface area contributed by atoms with Crippen LogP contribution >= 0.6 is 0 Å². The van der Waals surface area contributed by atoms with Crippen LogP contribution in [0.15, 0.2) is 85.1 Å². The maximum Gasteiger partial charge on any atom is 0.305 e. The highest BCUT2D eigenvalue weighted by atomic mass is 16.6. The minimum Gasteiger partial charge on any atom is -0.463 e. The van der Waals surface area contributed by atoms with Gasteiger partial charge in [0.15, 0.2) is 0 Å². The van der Waals surface area contributed by atoms with Gasteiger partial charge in [0.2, 0.25) is 0 Å². The van der Waals surface area contributed by atoms with E-state index in [1.165, 1.54) is 44.9 Å². The minimum absolute atomic E-state index is 0.139. The molecule has 278 valence electrons. The van der Waals surface area contributed by atoms with Gasteiger partial charge in [0.1, 0.15) is 19.3 Å². The minimum atomic E-state index is -0.988. The lowest BCUT2D eigenvalue weighted by atomic mass is 10.1. The number of hydrogen-bond donors (Lipinski definition) is 1. The summed E-state index contributed by atoms with van der Waals surface area (Å²) in [7, 11) is 0. The Labute approximate surface area is 301 Å². The van der Waals surface area contributed by atoms with E-state index in [0.29, 0.717) is 12.8 Å². The number of esters is 2. The molecule has 0 bridgehead atoms. The fraction of sp³-hybridized carbons (Fsp3) is 0.636. The van der Waals surface area contributed by atoms with Crippen molar-refractivity contribution in [2.75, 3.05) is 13.2 Å². The molecule has 0 heterocycles. The number of ether oxygens (including phenoxy) is 2. The normalized spacial score (nSPS) is 13.1. The van der Waals surface area contributed by atoms with Crippen molar-refractivity contribution in [1.29, 1.82) is 0 Å². The van der Waals surface area contributed by atoms with E-state index in [9.17, 15) is 14.7 Å². The summed E-state index contributed by atoms with van der Waals surface area (Å²) in [4.78, 5) is 23.9. The lowest BCUT2D eigenvalue weighted by Crippen LogP contribution is -2.25. The fourth-order valence-corrected chi connectivity index (χ4v) is 4.91. The van der Waals surface area contributed by atoms with Crippen molar-refractivity contribution >= 4 is 11.9 Å². The molecule has 49 heavy (non-hydrogen) atoms. The van der Waals surface area contributed by atoms with Crippen molar-refractivity contribution in [1.82, 2.24) is 0 Å². The van der Waals surface area contributed by atoms with Gasteiger partial charge in [0, 0.05) is 12.8 Å². The third kappa shape index (κ3) is 39.4. The third-order valence-electron chi connectivity index (χ3n) is 7.86. The molecule has 0 aliphatic rings. The molecule has 0 aromatic heterocycles. The van der Waals surface area contributed by atoms with E-state index in [1.807, 2.05) is 0 Å². The van der Waals surface area contributed by atoms with Crippen LogP contribution in [0.25, 0.3) is 0 Å². The topological polar surface area (TPSA) is 72.8 Å². The summed E-state index contributed by atoms with van der Waals surface area (Å²) in [5, 5.41) is 10.0. The lowest BCUT2D eigenvalue weighted by Gasteiger charge is -2.12. The summed E-state index contributed by atoms with van der Waals surface area (Å²) >= 11 is 0. The highest BCUT2D eigenvalue weighted by Crippen LogP contribution is 2.10. The smallest absolute Gasteiger partial charge is 0.305 e. The number of carbonyl (C=O) groups is 2. The molecule has 0 saturated carbocycles. The second kappa shape index (κ2) is 39.5. The van der Waals surface area contributed by atoms with E-state index < -0.39 is 6.10 Å². The number of allylic oxidation sites excluding steroid dienone is 14. The summed E-state index contributed by atoms with van der Waals surface area (Å²) in [6, 6.07) is 0. The summed E-state index contributed by atoms with van der Waals surface area (Å²) in [5.74, 6) is -0.625. The summed E-state index contributed by atoms with van der Waals surface area (Å²) < 4.78 is 10.3. The third-order valence-corrected chi connectivity index (χ3v) is 7.86. The lowest BCUT2D eigenvalue weighted by molar-refractivity contribution is -0.152. The van der Waals surface area contributed by atoms with Gasteiger partial charge in [-0.2, -0.15) is 0 Å². The average Bonchev–Trinajstić information content (AvgIpc) is 3.10. The maximum absolute atomic E-state index is 12.0. The Morgan fingerprint density at radius 3 is 1.18 bits per heavy atom. The Morgan fingerprint density at radius 1 is 0.449 bits per heavy atom. The molecule has 1 atom stereocenters. The molecule has 0 fully saturated rings. The molecule has 5 nitrogen and oxygen atoms in total. The molecule has 1 N–H and O–H groups in total. The summed E-state index contributed by atoms with van der Waals surface area (Å²) in [5.41, 5.74) is 0. The van der Waals surface area contributed by atoms with Gasteiger partial charge in [0.05, 0.1) is 0 Å². The predicted molar refractivity (Wildman–Crippen MR) is 209 cm³/mol. The molecule has 0 aromatic rings. The van der Waals surface area contributed by atoms with E-state index in [4.69, 9.17) is 9.47 Å². The van der Waals surface area contributed by atoms with Crippen LogP contribution in [0.5, 0.6) is 0 Å². The highest BCUT2D eigenvalue weighted by Gasteiger charge is 2.12. The molecule has 0 saturated heterocycles. The van der Waals surface area contributed by atoms with E-state index in [1.54, 1.807) is 0 Å². The van der Waals surface area contributed by atoms with Gasteiger partial charge in [-0.3, -0.25) is 9.59 Å². The molecular weight excluding hydrogens is 608 g/mol. The van der Waals surface area contributed by atoms with Gasteiger partial charge >= 0.3 is 11.9 Å². The van der Waals surface area contributed by atoms with Crippen molar-refractivity contribution in [3.05, 3.63) is 85.1 Å². The van der Waals surface area contributed by atoms with Gasteiger partial charge in [0.25, 0.3) is 0 Å². The fourth-order valence-electron chi connectivity index (χ4n) is 4.91. The molecule has 0 aliphatic heterocycles. The molecule has 0 aliphatic carbocycles. The van der Waals surface area contributed by atoms with Crippen molar-refractivity contribution in [3.8, 4) is 0 Å². The number of hydrogen-bond acceptors (Lipinski definition) is 5. The molecular formula is C44H72O5. The molecule has 0 unspecified atom stereocenters. The van der Waals surface area contributed by atoms with Gasteiger partial charge in [-0.05, 0) is 89.9 Å². The zero-order valence-corrected chi connectivity index (χ0v) is 31.4. The Balaban J connectivity index is 3.57. The first kappa shape index (κ1) is 46.1. The predicted octanol–water partition coefficient (Wildman–Crippen LogP) is 12.3. The van der Waals surface area contributed by atoms with Crippen molar-refractivity contribution in [2.24, 2.45) is 0 Å². The first-order chi connectivity index (χ1) is 24.1. The summed E-state index contributed by atoms with van der Waals surface area (Å²) in [6.45, 7) is 4.11. The van der Waals surface area contributed by atoms with Crippen molar-refractivity contribution in [3.63, 3.8) is 0 Å². The van der Waals surface area contributed by atoms with Crippen LogP contribution in [0.1, 0.15) is 162 Å². The Bertz CT molecular complexity index is 952. The van der Waals surface area contributed by atoms with Gasteiger partial charge in [-0.25, -0.2) is 0 Å². The molecule has 0 amide bonds. The number of unbranched alkanes of at least 4 members (excludes halogenated alkanes) is 12. The van der Waals surface area contributed by atoms with Crippen LogP contribution in [0.2, 0.25) is 0 Å². The Kier molecular flexibility index (Phi) is 37.2. The molecule has 0 radical (unpaired) electrons. The van der Waals surface area contributed by atoms with Crippen molar-refractivity contribution in [2.45, 2.75) is 168 Å².